The van der Waals surface area contributed by atoms with Crippen molar-refractivity contribution in [1.29, 1.82) is 0 Å². The first-order valence-corrected chi connectivity index (χ1v) is 7.74. The molecule has 19 heavy (non-hydrogen) atoms. The van der Waals surface area contributed by atoms with E-state index in [0.29, 0.717) is 41.8 Å². The zero-order valence-corrected chi connectivity index (χ0v) is 12.5. The van der Waals surface area contributed by atoms with Crippen LogP contribution in [0, 0.1) is 17.8 Å². The number of likely N-dealkylation sites (N-methyl/N-ethyl adjacent to an activating group) is 1. The molecule has 0 aromatic rings. The van der Waals surface area contributed by atoms with Gasteiger partial charge in [-0.25, -0.2) is 0 Å². The van der Waals surface area contributed by atoms with Crippen molar-refractivity contribution in [1.82, 2.24) is 15.5 Å². The molecule has 3 fully saturated rings. The van der Waals surface area contributed by atoms with E-state index in [1.54, 1.807) is 6.92 Å². The molecule has 0 amide bonds. The fourth-order valence-corrected chi connectivity index (χ4v) is 4.89. The first kappa shape index (κ1) is 13.5. The van der Waals surface area contributed by atoms with E-state index in [4.69, 9.17) is 0 Å². The average Bonchev–Trinajstić information content (AvgIpc) is 2.85. The summed E-state index contributed by atoms with van der Waals surface area (Å²) in [6.07, 6.45) is 2.91. The predicted molar refractivity (Wildman–Crippen MR) is 75.8 cm³/mol. The Balaban J connectivity index is 1.92. The number of hydrogen-bond acceptors (Lipinski definition) is 4. The largest absolute Gasteiger partial charge is 0.312 e. The Hall–Kier alpha value is -0.450. The van der Waals surface area contributed by atoms with E-state index < -0.39 is 0 Å². The summed E-state index contributed by atoms with van der Waals surface area (Å²) in [7, 11) is 2.12. The van der Waals surface area contributed by atoms with Gasteiger partial charge in [0, 0.05) is 18.0 Å². The molecular weight excluding hydrogens is 238 g/mol. The van der Waals surface area contributed by atoms with Gasteiger partial charge in [0.05, 0.1) is 12.2 Å². The third-order valence-corrected chi connectivity index (χ3v) is 5.54. The summed E-state index contributed by atoms with van der Waals surface area (Å²) >= 11 is 0. The molecule has 4 nitrogen and oxygen atoms in total. The number of Topliss-reactive ketones (excluding diaryl/α,β-unsaturated/α-hetero) is 1. The van der Waals surface area contributed by atoms with Gasteiger partial charge in [0.2, 0.25) is 0 Å². The van der Waals surface area contributed by atoms with Gasteiger partial charge in [-0.15, -0.1) is 0 Å². The summed E-state index contributed by atoms with van der Waals surface area (Å²) in [6, 6.07) is 1.24. The van der Waals surface area contributed by atoms with E-state index in [2.05, 4.69) is 36.4 Å². The van der Waals surface area contributed by atoms with Crippen molar-refractivity contribution in [2.45, 2.75) is 57.9 Å². The fraction of sp³-hybridized carbons (Fsp3) is 0.933. The first-order chi connectivity index (χ1) is 9.02. The van der Waals surface area contributed by atoms with E-state index in [-0.39, 0.29) is 6.04 Å². The van der Waals surface area contributed by atoms with Crippen LogP contribution in [-0.2, 0) is 4.79 Å². The Morgan fingerprint density at radius 2 is 2.11 bits per heavy atom. The van der Waals surface area contributed by atoms with Crippen molar-refractivity contribution in [3.8, 4) is 0 Å². The molecule has 0 radical (unpaired) electrons. The van der Waals surface area contributed by atoms with Gasteiger partial charge in [-0.1, -0.05) is 13.8 Å². The van der Waals surface area contributed by atoms with Crippen molar-refractivity contribution in [3.63, 3.8) is 0 Å². The zero-order chi connectivity index (χ0) is 13.7. The molecule has 3 aliphatic heterocycles. The quantitative estimate of drug-likeness (QED) is 0.776. The summed E-state index contributed by atoms with van der Waals surface area (Å²) in [6.45, 7) is 7.43. The van der Waals surface area contributed by atoms with E-state index >= 15 is 0 Å². The molecule has 0 bridgehead atoms. The molecule has 4 heteroatoms. The average molecular weight is 265 g/mol. The van der Waals surface area contributed by atoms with E-state index in [1.807, 2.05) is 0 Å². The van der Waals surface area contributed by atoms with Gasteiger partial charge < -0.3 is 5.32 Å². The molecule has 3 aliphatic rings. The summed E-state index contributed by atoms with van der Waals surface area (Å²) in [5.41, 5.74) is 0. The maximum Gasteiger partial charge on any atom is 0.147 e. The molecule has 3 heterocycles. The molecule has 3 rings (SSSR count). The Morgan fingerprint density at radius 1 is 1.37 bits per heavy atom. The summed E-state index contributed by atoms with van der Waals surface area (Å²) in [5.74, 6) is 1.92. The second-order valence-electron chi connectivity index (χ2n) is 6.96. The number of fused-ring (bicyclic) bond motifs is 3. The maximum absolute atomic E-state index is 12.1. The van der Waals surface area contributed by atoms with Crippen molar-refractivity contribution in [2.24, 2.45) is 17.8 Å². The van der Waals surface area contributed by atoms with Crippen LogP contribution in [0.5, 0.6) is 0 Å². The normalized spacial score (nSPS) is 46.4. The number of carbonyl (C=O) groups is 1. The van der Waals surface area contributed by atoms with Crippen LogP contribution in [0.15, 0.2) is 0 Å². The summed E-state index contributed by atoms with van der Waals surface area (Å²) in [5, 5.41) is 7.50. The number of carbonyl (C=O) groups excluding carboxylic acids is 1. The highest BCUT2D eigenvalue weighted by molar-refractivity contribution is 5.82. The summed E-state index contributed by atoms with van der Waals surface area (Å²) in [4.78, 5) is 14.4. The van der Waals surface area contributed by atoms with Gasteiger partial charge in [0.1, 0.15) is 5.78 Å². The van der Waals surface area contributed by atoms with Crippen molar-refractivity contribution >= 4 is 5.78 Å². The van der Waals surface area contributed by atoms with Gasteiger partial charge in [-0.05, 0) is 45.2 Å². The molecule has 6 atom stereocenters. The highest BCUT2D eigenvalue weighted by Crippen LogP contribution is 2.45. The molecule has 108 valence electrons. The van der Waals surface area contributed by atoms with Crippen molar-refractivity contribution in [2.75, 3.05) is 13.6 Å². The van der Waals surface area contributed by atoms with Gasteiger partial charge >= 0.3 is 0 Å². The number of piperidine rings is 1. The number of likely N-dealkylation sites (tertiary alicyclic amines) is 1. The predicted octanol–water partition coefficient (Wildman–Crippen LogP) is 0.828. The Bertz CT molecular complexity index is 370. The molecule has 0 spiro atoms. The second-order valence-corrected chi connectivity index (χ2v) is 6.96. The minimum atomic E-state index is 0.0900. The van der Waals surface area contributed by atoms with Gasteiger partial charge in [0.15, 0.2) is 0 Å². The number of nitrogens with one attached hydrogen (secondary N) is 2. The van der Waals surface area contributed by atoms with Crippen LogP contribution in [0.2, 0.25) is 0 Å². The number of ketones is 1. The topological polar surface area (TPSA) is 44.4 Å². The Kier molecular flexibility index (Phi) is 3.44. The first-order valence-electron chi connectivity index (χ1n) is 7.74. The molecular formula is C15H27N3O. The van der Waals surface area contributed by atoms with Crippen LogP contribution in [0.3, 0.4) is 0 Å². The maximum atomic E-state index is 12.1. The lowest BCUT2D eigenvalue weighted by molar-refractivity contribution is -0.123. The zero-order valence-electron chi connectivity index (χ0n) is 12.5. The lowest BCUT2D eigenvalue weighted by Gasteiger charge is -2.35. The molecule has 6 unspecified atom stereocenters. The fourth-order valence-electron chi connectivity index (χ4n) is 4.89. The lowest BCUT2D eigenvalue weighted by atomic mass is 9.75. The third-order valence-electron chi connectivity index (χ3n) is 5.54. The highest BCUT2D eigenvalue weighted by atomic mass is 16.1. The lowest BCUT2D eigenvalue weighted by Crippen LogP contribution is -2.52. The smallest absolute Gasteiger partial charge is 0.147 e. The monoisotopic (exact) mass is 265 g/mol. The SMILES string of the molecule is CC(=O)C1C(C(C)C)C2C3NCCCC3NC2N1C. The number of rotatable bonds is 2. The van der Waals surface area contributed by atoms with E-state index in [0.717, 1.165) is 6.54 Å². The minimum absolute atomic E-state index is 0.0900. The van der Waals surface area contributed by atoms with Crippen LogP contribution in [-0.4, -0.2) is 48.6 Å². The minimum Gasteiger partial charge on any atom is -0.312 e. The van der Waals surface area contributed by atoms with E-state index in [1.165, 1.54) is 12.8 Å². The molecule has 0 aromatic carbocycles. The van der Waals surface area contributed by atoms with Crippen LogP contribution >= 0.6 is 0 Å². The second kappa shape index (κ2) is 4.83. The molecule has 2 N–H and O–H groups in total. The van der Waals surface area contributed by atoms with Gasteiger partial charge in [0.25, 0.3) is 0 Å². The Labute approximate surface area is 116 Å². The standard InChI is InChI=1S/C15H27N3O/c1-8(2)11-12-13-10(6-5-7-16-13)17-15(12)18(4)14(11)9(3)19/h8,10-17H,5-7H2,1-4H3. The van der Waals surface area contributed by atoms with Crippen molar-refractivity contribution in [3.05, 3.63) is 0 Å². The van der Waals surface area contributed by atoms with Gasteiger partial charge in [-0.3, -0.25) is 15.0 Å². The van der Waals surface area contributed by atoms with Gasteiger partial charge in [-0.2, -0.15) is 0 Å². The highest BCUT2D eigenvalue weighted by Gasteiger charge is 2.58. The van der Waals surface area contributed by atoms with E-state index in [9.17, 15) is 4.79 Å². The van der Waals surface area contributed by atoms with Crippen LogP contribution in [0.4, 0.5) is 0 Å². The Morgan fingerprint density at radius 3 is 2.74 bits per heavy atom. The van der Waals surface area contributed by atoms with Crippen molar-refractivity contribution < 1.29 is 4.79 Å². The number of nitrogens with zero attached hydrogens (tertiary/aromatic N) is 1. The molecule has 0 aliphatic carbocycles. The molecule has 3 saturated heterocycles. The van der Waals surface area contributed by atoms with Crippen LogP contribution < -0.4 is 10.6 Å². The number of hydrogen-bond donors (Lipinski definition) is 2. The third kappa shape index (κ3) is 1.96. The molecule has 0 saturated carbocycles. The molecule has 0 aromatic heterocycles. The van der Waals surface area contributed by atoms with Crippen LogP contribution in [0.25, 0.3) is 0 Å². The summed E-state index contributed by atoms with van der Waals surface area (Å²) < 4.78 is 0. The van der Waals surface area contributed by atoms with Crippen LogP contribution in [0.1, 0.15) is 33.6 Å².